The predicted octanol–water partition coefficient (Wildman–Crippen LogP) is 3.99. The average Bonchev–Trinajstić information content (AvgIpc) is 3.26. The maximum absolute atomic E-state index is 13.4. The summed E-state index contributed by atoms with van der Waals surface area (Å²) in [4.78, 5) is 27.5. The minimum absolute atomic E-state index is 0.0176. The number of halogens is 1. The Hall–Kier alpha value is -3.22. The van der Waals surface area contributed by atoms with Crippen molar-refractivity contribution in [1.82, 2.24) is 24.3 Å². The number of hydrogen-bond donors (Lipinski definition) is 1. The first-order chi connectivity index (χ1) is 14.0. The Balaban J connectivity index is 1.35. The molecular formula is C22H22FN5O. The second-order valence-electron chi connectivity index (χ2n) is 7.83. The molecule has 1 aromatic carbocycles. The highest BCUT2D eigenvalue weighted by atomic mass is 19.1. The van der Waals surface area contributed by atoms with E-state index in [1.54, 1.807) is 6.07 Å². The summed E-state index contributed by atoms with van der Waals surface area (Å²) in [7, 11) is 0. The van der Waals surface area contributed by atoms with Gasteiger partial charge in [0.15, 0.2) is 0 Å². The number of carbonyl (C=O) groups excluding carboxylic acids is 1. The van der Waals surface area contributed by atoms with Crippen LogP contribution in [0.4, 0.5) is 4.39 Å². The van der Waals surface area contributed by atoms with Gasteiger partial charge >= 0.3 is 0 Å². The first-order valence-electron chi connectivity index (χ1n) is 9.89. The smallest absolute Gasteiger partial charge is 0.272 e. The zero-order valence-electron chi connectivity index (χ0n) is 16.4. The van der Waals surface area contributed by atoms with Gasteiger partial charge in [-0.05, 0) is 62.6 Å². The number of aromatic amines is 1. The van der Waals surface area contributed by atoms with Crippen LogP contribution in [0.25, 0.3) is 16.7 Å². The zero-order valence-corrected chi connectivity index (χ0v) is 16.4. The number of imidazole rings is 2. The highest BCUT2D eigenvalue weighted by Crippen LogP contribution is 2.29. The lowest BCUT2D eigenvalue weighted by Gasteiger charge is -2.31. The van der Waals surface area contributed by atoms with Gasteiger partial charge in [0, 0.05) is 25.2 Å². The molecule has 1 N–H and O–H groups in total. The molecule has 1 aliphatic heterocycles. The number of aryl methyl sites for hydroxylation is 2. The third-order valence-corrected chi connectivity index (χ3v) is 5.79. The molecule has 4 aromatic rings. The van der Waals surface area contributed by atoms with Crippen molar-refractivity contribution < 1.29 is 9.18 Å². The van der Waals surface area contributed by atoms with E-state index in [2.05, 4.69) is 15.0 Å². The normalized spacial score (nSPS) is 15.5. The molecule has 0 radical (unpaired) electrons. The molecule has 0 atom stereocenters. The summed E-state index contributed by atoms with van der Waals surface area (Å²) in [5.74, 6) is 0.857. The van der Waals surface area contributed by atoms with Crippen molar-refractivity contribution in [1.29, 1.82) is 0 Å². The molecule has 0 unspecified atom stereocenters. The molecule has 0 bridgehead atoms. The summed E-state index contributed by atoms with van der Waals surface area (Å²) >= 11 is 0. The summed E-state index contributed by atoms with van der Waals surface area (Å²) < 4.78 is 15.3. The monoisotopic (exact) mass is 391 g/mol. The number of fused-ring (bicyclic) bond motifs is 2. The van der Waals surface area contributed by atoms with Crippen molar-refractivity contribution in [3.8, 4) is 0 Å². The molecule has 1 aliphatic rings. The minimum atomic E-state index is -0.272. The number of hydrogen-bond acceptors (Lipinski definition) is 3. The fourth-order valence-corrected chi connectivity index (χ4v) is 4.22. The number of nitrogens with one attached hydrogen (secondary N) is 1. The number of likely N-dealkylation sites (tertiary alicyclic amines) is 1. The third kappa shape index (κ3) is 3.06. The standard InChI is InChI=1S/C22H22FN5O/c1-13-5-10-28-19(11-13)24-14(2)20(28)22(29)27-8-6-15(7-9-27)21-25-17-4-3-16(23)12-18(17)26-21/h3-5,10-12,15H,6-9H2,1-2H3,(H,25,26). The first kappa shape index (κ1) is 17.8. The number of benzene rings is 1. The summed E-state index contributed by atoms with van der Waals surface area (Å²) in [6.07, 6.45) is 3.56. The fraction of sp³-hybridized carbons (Fsp3) is 0.318. The Bertz CT molecular complexity index is 1230. The van der Waals surface area contributed by atoms with Gasteiger partial charge in [0.1, 0.15) is 23.0 Å². The van der Waals surface area contributed by atoms with E-state index < -0.39 is 0 Å². The molecule has 29 heavy (non-hydrogen) atoms. The van der Waals surface area contributed by atoms with E-state index in [1.807, 2.05) is 41.5 Å². The van der Waals surface area contributed by atoms with Crippen LogP contribution in [0.1, 0.15) is 46.3 Å². The molecule has 7 heteroatoms. The molecular weight excluding hydrogens is 369 g/mol. The van der Waals surface area contributed by atoms with Gasteiger partial charge in [-0.1, -0.05) is 0 Å². The van der Waals surface area contributed by atoms with Crippen LogP contribution in [-0.2, 0) is 0 Å². The lowest BCUT2D eigenvalue weighted by atomic mass is 9.96. The van der Waals surface area contributed by atoms with E-state index in [1.165, 1.54) is 12.1 Å². The molecule has 1 saturated heterocycles. The topological polar surface area (TPSA) is 66.3 Å². The van der Waals surface area contributed by atoms with E-state index in [-0.39, 0.29) is 17.6 Å². The van der Waals surface area contributed by atoms with Crippen LogP contribution in [0.2, 0.25) is 0 Å². The molecule has 0 aliphatic carbocycles. The number of carbonyl (C=O) groups is 1. The third-order valence-electron chi connectivity index (χ3n) is 5.79. The van der Waals surface area contributed by atoms with E-state index in [9.17, 15) is 9.18 Å². The maximum atomic E-state index is 13.4. The molecule has 148 valence electrons. The second kappa shape index (κ2) is 6.69. The van der Waals surface area contributed by atoms with Gasteiger partial charge in [0.25, 0.3) is 5.91 Å². The molecule has 5 rings (SSSR count). The number of pyridine rings is 1. The van der Waals surface area contributed by atoms with Crippen LogP contribution in [-0.4, -0.2) is 43.2 Å². The van der Waals surface area contributed by atoms with E-state index in [0.29, 0.717) is 18.8 Å². The zero-order chi connectivity index (χ0) is 20.1. The quantitative estimate of drug-likeness (QED) is 0.562. The first-order valence-corrected chi connectivity index (χ1v) is 9.89. The van der Waals surface area contributed by atoms with Crippen molar-refractivity contribution in [2.75, 3.05) is 13.1 Å². The highest BCUT2D eigenvalue weighted by Gasteiger charge is 2.29. The maximum Gasteiger partial charge on any atom is 0.272 e. The van der Waals surface area contributed by atoms with E-state index >= 15 is 0 Å². The highest BCUT2D eigenvalue weighted by molar-refractivity contribution is 5.94. The van der Waals surface area contributed by atoms with Crippen LogP contribution < -0.4 is 0 Å². The Morgan fingerprint density at radius 2 is 1.93 bits per heavy atom. The van der Waals surface area contributed by atoms with Gasteiger partial charge in [-0.15, -0.1) is 0 Å². The SMILES string of the molecule is Cc1ccn2c(C(=O)N3CCC(c4nc5ccc(F)cc5[nH]4)CC3)c(C)nc2c1. The van der Waals surface area contributed by atoms with Crippen molar-refractivity contribution in [3.05, 3.63) is 65.1 Å². The minimum Gasteiger partial charge on any atom is -0.342 e. The summed E-state index contributed by atoms with van der Waals surface area (Å²) in [5, 5.41) is 0. The van der Waals surface area contributed by atoms with Crippen LogP contribution in [0.5, 0.6) is 0 Å². The second-order valence-corrected chi connectivity index (χ2v) is 7.83. The van der Waals surface area contributed by atoms with E-state index in [0.717, 1.165) is 46.6 Å². The Morgan fingerprint density at radius 1 is 1.14 bits per heavy atom. The number of amides is 1. The molecule has 3 aromatic heterocycles. The molecule has 0 spiro atoms. The molecule has 1 fully saturated rings. The molecule has 6 nitrogen and oxygen atoms in total. The van der Waals surface area contributed by atoms with Crippen LogP contribution in [0.3, 0.4) is 0 Å². The van der Waals surface area contributed by atoms with Crippen molar-refractivity contribution in [2.45, 2.75) is 32.6 Å². The van der Waals surface area contributed by atoms with Crippen molar-refractivity contribution in [3.63, 3.8) is 0 Å². The molecule has 4 heterocycles. The average molecular weight is 391 g/mol. The number of aromatic nitrogens is 4. The van der Waals surface area contributed by atoms with Crippen LogP contribution >= 0.6 is 0 Å². The summed E-state index contributed by atoms with van der Waals surface area (Å²) in [6, 6.07) is 8.56. The Morgan fingerprint density at radius 3 is 2.72 bits per heavy atom. The van der Waals surface area contributed by atoms with E-state index in [4.69, 9.17) is 0 Å². The number of H-pyrrole nitrogens is 1. The van der Waals surface area contributed by atoms with Gasteiger partial charge in [-0.2, -0.15) is 0 Å². The fourth-order valence-electron chi connectivity index (χ4n) is 4.22. The summed E-state index contributed by atoms with van der Waals surface area (Å²) in [6.45, 7) is 5.22. The largest absolute Gasteiger partial charge is 0.342 e. The number of nitrogens with zero attached hydrogens (tertiary/aromatic N) is 4. The number of piperidine rings is 1. The van der Waals surface area contributed by atoms with Crippen LogP contribution in [0, 0.1) is 19.7 Å². The van der Waals surface area contributed by atoms with Crippen molar-refractivity contribution >= 4 is 22.6 Å². The molecule has 1 amide bonds. The lowest BCUT2D eigenvalue weighted by Crippen LogP contribution is -2.39. The number of rotatable bonds is 2. The van der Waals surface area contributed by atoms with Gasteiger partial charge < -0.3 is 9.88 Å². The lowest BCUT2D eigenvalue weighted by molar-refractivity contribution is 0.0703. The summed E-state index contributed by atoms with van der Waals surface area (Å²) in [5.41, 5.74) is 4.80. The van der Waals surface area contributed by atoms with Gasteiger partial charge in [-0.25, -0.2) is 14.4 Å². The Kier molecular flexibility index (Phi) is 4.12. The Labute approximate surface area is 167 Å². The van der Waals surface area contributed by atoms with Gasteiger partial charge in [0.05, 0.1) is 16.7 Å². The van der Waals surface area contributed by atoms with Gasteiger partial charge in [0.2, 0.25) is 0 Å². The predicted molar refractivity (Wildman–Crippen MR) is 109 cm³/mol. The van der Waals surface area contributed by atoms with Crippen LogP contribution in [0.15, 0.2) is 36.5 Å². The van der Waals surface area contributed by atoms with Gasteiger partial charge in [-0.3, -0.25) is 9.20 Å². The van der Waals surface area contributed by atoms with Crippen molar-refractivity contribution in [2.24, 2.45) is 0 Å². The molecule has 0 saturated carbocycles.